The standard InChI is InChI=1S/C24H28FNO3/c1-16(27)19-9-7-17(8-10-19)13-26-14-20-11-12-21(23(25)22(20)24(26)28)29-15-18-5-3-2-4-6-18/h2-6,11-12,16-17,19,27H,7-10,13-15H2,1H3/t16?,17-,19-. The zero-order valence-electron chi connectivity index (χ0n) is 16.8. The number of benzene rings is 2. The lowest BCUT2D eigenvalue weighted by Crippen LogP contribution is -2.33. The van der Waals surface area contributed by atoms with Gasteiger partial charge in [0.2, 0.25) is 0 Å². The monoisotopic (exact) mass is 397 g/mol. The van der Waals surface area contributed by atoms with Crippen LogP contribution < -0.4 is 4.74 Å². The first-order valence-corrected chi connectivity index (χ1v) is 10.5. The molecular weight excluding hydrogens is 369 g/mol. The van der Waals surface area contributed by atoms with Gasteiger partial charge in [-0.25, -0.2) is 4.39 Å². The highest BCUT2D eigenvalue weighted by Crippen LogP contribution is 2.35. The first-order valence-electron chi connectivity index (χ1n) is 10.5. The van der Waals surface area contributed by atoms with Crippen molar-refractivity contribution in [3.63, 3.8) is 0 Å². The molecule has 1 aliphatic carbocycles. The third-order valence-electron chi connectivity index (χ3n) is 6.34. The summed E-state index contributed by atoms with van der Waals surface area (Å²) in [5, 5.41) is 9.76. The molecule has 1 heterocycles. The van der Waals surface area contributed by atoms with Gasteiger partial charge < -0.3 is 14.7 Å². The molecule has 1 fully saturated rings. The molecule has 2 aromatic rings. The van der Waals surface area contributed by atoms with Gasteiger partial charge in [0.25, 0.3) is 5.91 Å². The minimum Gasteiger partial charge on any atom is -0.486 e. The third kappa shape index (κ3) is 4.30. The van der Waals surface area contributed by atoms with Crippen molar-refractivity contribution in [1.29, 1.82) is 0 Å². The Morgan fingerprint density at radius 2 is 1.86 bits per heavy atom. The zero-order chi connectivity index (χ0) is 20.4. The Labute approximate surface area is 171 Å². The van der Waals surface area contributed by atoms with E-state index in [2.05, 4.69) is 0 Å². The molecule has 5 heteroatoms. The van der Waals surface area contributed by atoms with Crippen LogP contribution >= 0.6 is 0 Å². The van der Waals surface area contributed by atoms with Gasteiger partial charge in [0.15, 0.2) is 11.6 Å². The third-order valence-corrected chi connectivity index (χ3v) is 6.34. The van der Waals surface area contributed by atoms with Crippen molar-refractivity contribution in [2.75, 3.05) is 6.54 Å². The van der Waals surface area contributed by atoms with Gasteiger partial charge >= 0.3 is 0 Å². The average Bonchev–Trinajstić information content (AvgIpc) is 3.05. The largest absolute Gasteiger partial charge is 0.486 e. The molecule has 2 aliphatic rings. The lowest BCUT2D eigenvalue weighted by molar-refractivity contribution is 0.0645. The van der Waals surface area contributed by atoms with Crippen molar-refractivity contribution in [1.82, 2.24) is 4.90 Å². The number of aliphatic hydroxyl groups excluding tert-OH is 1. The first kappa shape index (κ1) is 19.9. The molecule has 1 unspecified atom stereocenters. The molecule has 4 rings (SSSR count). The highest BCUT2D eigenvalue weighted by atomic mass is 19.1. The van der Waals surface area contributed by atoms with E-state index in [1.807, 2.05) is 37.3 Å². The lowest BCUT2D eigenvalue weighted by atomic mass is 9.79. The Morgan fingerprint density at radius 3 is 2.55 bits per heavy atom. The van der Waals surface area contributed by atoms with E-state index < -0.39 is 5.82 Å². The summed E-state index contributed by atoms with van der Waals surface area (Å²) >= 11 is 0. The molecule has 0 bridgehead atoms. The predicted octanol–water partition coefficient (Wildman–Crippen LogP) is 4.55. The van der Waals surface area contributed by atoms with Crippen molar-refractivity contribution in [2.24, 2.45) is 11.8 Å². The van der Waals surface area contributed by atoms with Gasteiger partial charge in [0.05, 0.1) is 11.7 Å². The summed E-state index contributed by atoms with van der Waals surface area (Å²) in [4.78, 5) is 14.6. The summed E-state index contributed by atoms with van der Waals surface area (Å²) in [5.74, 6) is 0.115. The van der Waals surface area contributed by atoms with Crippen LogP contribution in [0.5, 0.6) is 5.75 Å². The Morgan fingerprint density at radius 1 is 1.14 bits per heavy atom. The van der Waals surface area contributed by atoms with E-state index in [9.17, 15) is 9.90 Å². The van der Waals surface area contributed by atoms with Crippen molar-refractivity contribution in [2.45, 2.75) is 51.9 Å². The second kappa shape index (κ2) is 8.54. The van der Waals surface area contributed by atoms with Crippen molar-refractivity contribution >= 4 is 5.91 Å². The number of halogens is 1. The van der Waals surface area contributed by atoms with E-state index in [1.165, 1.54) is 0 Å². The number of carbonyl (C=O) groups is 1. The number of fused-ring (bicyclic) bond motifs is 1. The quantitative estimate of drug-likeness (QED) is 0.778. The Kier molecular flexibility index (Phi) is 5.86. The van der Waals surface area contributed by atoms with Crippen molar-refractivity contribution in [3.8, 4) is 5.75 Å². The number of nitrogens with zero attached hydrogens (tertiary/aromatic N) is 1. The summed E-state index contributed by atoms with van der Waals surface area (Å²) in [6.45, 7) is 3.23. The van der Waals surface area contributed by atoms with E-state index in [-0.39, 0.29) is 29.9 Å². The number of hydrogen-bond donors (Lipinski definition) is 1. The Balaban J connectivity index is 1.40. The molecule has 2 aromatic carbocycles. The maximum Gasteiger partial charge on any atom is 0.257 e. The zero-order valence-corrected chi connectivity index (χ0v) is 16.8. The van der Waals surface area contributed by atoms with Gasteiger partial charge in [0.1, 0.15) is 6.61 Å². The van der Waals surface area contributed by atoms with Gasteiger partial charge in [-0.1, -0.05) is 36.4 Å². The molecule has 1 N–H and O–H groups in total. The molecule has 1 saturated carbocycles. The van der Waals surface area contributed by atoms with Crippen LogP contribution in [-0.4, -0.2) is 28.6 Å². The fraction of sp³-hybridized carbons (Fsp3) is 0.458. The molecular formula is C24H28FNO3. The number of carbonyl (C=O) groups excluding carboxylic acids is 1. The second-order valence-corrected chi connectivity index (χ2v) is 8.39. The molecule has 0 spiro atoms. The maximum absolute atomic E-state index is 15.0. The Hall–Kier alpha value is -2.40. The summed E-state index contributed by atoms with van der Waals surface area (Å²) in [6, 6.07) is 13.0. The van der Waals surface area contributed by atoms with Crippen LogP contribution in [0.2, 0.25) is 0 Å². The van der Waals surface area contributed by atoms with Crippen molar-refractivity contribution < 1.29 is 19.0 Å². The summed E-state index contributed by atoms with van der Waals surface area (Å²) in [5.41, 5.74) is 1.85. The normalized spacial score (nSPS) is 22.4. The molecule has 4 nitrogen and oxygen atoms in total. The molecule has 0 saturated heterocycles. The molecule has 29 heavy (non-hydrogen) atoms. The number of amides is 1. The van der Waals surface area contributed by atoms with E-state index in [0.717, 1.165) is 36.8 Å². The fourth-order valence-corrected chi connectivity index (χ4v) is 4.55. The predicted molar refractivity (Wildman–Crippen MR) is 109 cm³/mol. The van der Waals surface area contributed by atoms with Gasteiger partial charge in [-0.3, -0.25) is 4.79 Å². The highest BCUT2D eigenvalue weighted by Gasteiger charge is 2.34. The number of ether oxygens (including phenoxy) is 1. The first-order chi connectivity index (χ1) is 14.0. The van der Waals surface area contributed by atoms with Gasteiger partial charge in [-0.05, 0) is 61.6 Å². The van der Waals surface area contributed by atoms with Gasteiger partial charge in [-0.2, -0.15) is 0 Å². The molecule has 154 valence electrons. The van der Waals surface area contributed by atoms with Crippen LogP contribution in [0.25, 0.3) is 0 Å². The summed E-state index contributed by atoms with van der Waals surface area (Å²) in [7, 11) is 0. The molecule has 0 radical (unpaired) electrons. The average molecular weight is 397 g/mol. The van der Waals surface area contributed by atoms with Crippen LogP contribution in [0, 0.1) is 17.7 Å². The number of aliphatic hydroxyl groups is 1. The molecule has 1 atom stereocenters. The summed E-state index contributed by atoms with van der Waals surface area (Å²) < 4.78 is 20.7. The van der Waals surface area contributed by atoms with E-state index >= 15 is 4.39 Å². The lowest BCUT2D eigenvalue weighted by Gasteiger charge is -2.32. The number of hydrogen-bond acceptors (Lipinski definition) is 3. The van der Waals surface area contributed by atoms with Gasteiger partial charge in [0, 0.05) is 13.1 Å². The van der Waals surface area contributed by atoms with E-state index in [1.54, 1.807) is 17.0 Å². The Bertz CT molecular complexity index is 860. The molecule has 0 aromatic heterocycles. The van der Waals surface area contributed by atoms with Crippen molar-refractivity contribution in [3.05, 3.63) is 65.0 Å². The fourth-order valence-electron chi connectivity index (χ4n) is 4.55. The smallest absolute Gasteiger partial charge is 0.257 e. The van der Waals surface area contributed by atoms with E-state index in [0.29, 0.717) is 24.9 Å². The number of rotatable bonds is 6. The van der Waals surface area contributed by atoms with Crippen LogP contribution in [0.4, 0.5) is 4.39 Å². The van der Waals surface area contributed by atoms with E-state index in [4.69, 9.17) is 4.74 Å². The minimum absolute atomic E-state index is 0.125. The highest BCUT2D eigenvalue weighted by molar-refractivity contribution is 5.99. The van der Waals surface area contributed by atoms with Crippen LogP contribution in [0.1, 0.15) is 54.1 Å². The summed E-state index contributed by atoms with van der Waals surface area (Å²) in [6.07, 6.45) is 3.72. The SMILES string of the molecule is CC(O)[C@H]1CC[C@H](CN2Cc3ccc(OCc4ccccc4)c(F)c3C2=O)CC1. The van der Waals surface area contributed by atoms with Crippen LogP contribution in [0.3, 0.4) is 0 Å². The minimum atomic E-state index is -0.552. The topological polar surface area (TPSA) is 49.8 Å². The molecule has 1 amide bonds. The van der Waals surface area contributed by atoms with Crippen LogP contribution in [-0.2, 0) is 13.2 Å². The molecule has 1 aliphatic heterocycles. The second-order valence-electron chi connectivity index (χ2n) is 8.39. The van der Waals surface area contributed by atoms with Gasteiger partial charge in [-0.15, -0.1) is 0 Å². The maximum atomic E-state index is 15.0. The van der Waals surface area contributed by atoms with Crippen LogP contribution in [0.15, 0.2) is 42.5 Å².